The van der Waals surface area contributed by atoms with E-state index in [0.29, 0.717) is 11.4 Å². The standard InChI is InChI=1S/C11H7FN2O2/c12-7-3-1-4-8-10(7)13-11(15)14(8)9-5-2-6-16-9/h1-6H,(H,13,15). The SMILES string of the molecule is O=c1[nH]c2c(F)cccc2n1-c1ccco1. The first-order chi connectivity index (χ1) is 7.77. The summed E-state index contributed by atoms with van der Waals surface area (Å²) in [5.74, 6) is -0.0956. The second kappa shape index (κ2) is 3.10. The lowest BCUT2D eigenvalue weighted by molar-refractivity contribution is 0.538. The summed E-state index contributed by atoms with van der Waals surface area (Å²) in [5.41, 5.74) is 0.221. The van der Waals surface area contributed by atoms with Gasteiger partial charge in [-0.3, -0.25) is 0 Å². The monoisotopic (exact) mass is 218 g/mol. The van der Waals surface area contributed by atoms with E-state index in [2.05, 4.69) is 4.98 Å². The second-order valence-electron chi connectivity index (χ2n) is 3.35. The van der Waals surface area contributed by atoms with Gasteiger partial charge in [0, 0.05) is 6.07 Å². The van der Waals surface area contributed by atoms with E-state index in [1.807, 2.05) is 0 Å². The second-order valence-corrected chi connectivity index (χ2v) is 3.35. The van der Waals surface area contributed by atoms with E-state index in [1.54, 1.807) is 24.3 Å². The first-order valence-electron chi connectivity index (χ1n) is 4.70. The molecule has 0 radical (unpaired) electrons. The van der Waals surface area contributed by atoms with E-state index in [-0.39, 0.29) is 5.52 Å². The molecule has 1 N–H and O–H groups in total. The summed E-state index contributed by atoms with van der Waals surface area (Å²) in [4.78, 5) is 14.1. The molecular weight excluding hydrogens is 211 g/mol. The molecule has 4 nitrogen and oxygen atoms in total. The fourth-order valence-corrected chi connectivity index (χ4v) is 1.71. The highest BCUT2D eigenvalue weighted by molar-refractivity contribution is 5.77. The summed E-state index contributed by atoms with van der Waals surface area (Å²) in [7, 11) is 0. The molecule has 0 amide bonds. The van der Waals surface area contributed by atoms with Gasteiger partial charge in [0.15, 0.2) is 0 Å². The van der Waals surface area contributed by atoms with Gasteiger partial charge in [0.25, 0.3) is 0 Å². The highest BCUT2D eigenvalue weighted by atomic mass is 19.1. The first-order valence-corrected chi connectivity index (χ1v) is 4.70. The molecular formula is C11H7FN2O2. The lowest BCUT2D eigenvalue weighted by atomic mass is 10.3. The van der Waals surface area contributed by atoms with Crippen molar-refractivity contribution >= 4 is 11.0 Å². The third-order valence-corrected chi connectivity index (χ3v) is 2.39. The molecule has 0 aliphatic heterocycles. The van der Waals surface area contributed by atoms with Crippen LogP contribution in [0.15, 0.2) is 45.8 Å². The number of halogens is 1. The van der Waals surface area contributed by atoms with Crippen LogP contribution in [0.4, 0.5) is 4.39 Å². The highest BCUT2D eigenvalue weighted by Crippen LogP contribution is 2.17. The predicted octanol–water partition coefficient (Wildman–Crippen LogP) is 2.05. The van der Waals surface area contributed by atoms with Gasteiger partial charge >= 0.3 is 5.69 Å². The smallest absolute Gasteiger partial charge is 0.333 e. The van der Waals surface area contributed by atoms with Gasteiger partial charge in [-0.2, -0.15) is 0 Å². The Morgan fingerprint density at radius 3 is 2.88 bits per heavy atom. The molecule has 5 heteroatoms. The highest BCUT2D eigenvalue weighted by Gasteiger charge is 2.12. The molecule has 0 aliphatic rings. The maximum Gasteiger partial charge on any atom is 0.333 e. The fourth-order valence-electron chi connectivity index (χ4n) is 1.71. The zero-order chi connectivity index (χ0) is 11.1. The van der Waals surface area contributed by atoms with Crippen molar-refractivity contribution in [2.75, 3.05) is 0 Å². The summed E-state index contributed by atoms with van der Waals surface area (Å²) in [6, 6.07) is 7.80. The third-order valence-electron chi connectivity index (χ3n) is 2.39. The summed E-state index contributed by atoms with van der Waals surface area (Å²) < 4.78 is 19.8. The van der Waals surface area contributed by atoms with Crippen LogP contribution in [-0.2, 0) is 0 Å². The molecule has 80 valence electrons. The summed E-state index contributed by atoms with van der Waals surface area (Å²) in [6.45, 7) is 0. The Kier molecular flexibility index (Phi) is 1.73. The first kappa shape index (κ1) is 8.96. The molecule has 0 spiro atoms. The Morgan fingerprint density at radius 2 is 2.12 bits per heavy atom. The molecule has 0 atom stereocenters. The molecule has 0 fully saturated rings. The number of nitrogens with zero attached hydrogens (tertiary/aromatic N) is 1. The Balaban J connectivity index is 2.46. The molecule has 16 heavy (non-hydrogen) atoms. The summed E-state index contributed by atoms with van der Waals surface area (Å²) in [6.07, 6.45) is 1.46. The zero-order valence-corrected chi connectivity index (χ0v) is 8.11. The molecule has 3 aromatic rings. The van der Waals surface area contributed by atoms with Crippen LogP contribution >= 0.6 is 0 Å². The van der Waals surface area contributed by atoms with Crippen LogP contribution in [0.1, 0.15) is 0 Å². The Hall–Kier alpha value is -2.30. The fraction of sp³-hybridized carbons (Fsp3) is 0. The molecule has 0 unspecified atom stereocenters. The molecule has 2 aromatic heterocycles. The van der Waals surface area contributed by atoms with Crippen molar-refractivity contribution in [2.45, 2.75) is 0 Å². The molecule has 0 saturated heterocycles. The number of fused-ring (bicyclic) bond motifs is 1. The number of H-pyrrole nitrogens is 1. The largest absolute Gasteiger partial charge is 0.448 e. The summed E-state index contributed by atoms with van der Waals surface area (Å²) in [5, 5.41) is 0. The molecule has 1 aromatic carbocycles. The van der Waals surface area contributed by atoms with E-state index in [4.69, 9.17) is 4.42 Å². The molecule has 0 saturated carbocycles. The van der Waals surface area contributed by atoms with E-state index in [1.165, 1.54) is 16.9 Å². The van der Waals surface area contributed by atoms with Crippen LogP contribution in [0.3, 0.4) is 0 Å². The van der Waals surface area contributed by atoms with Crippen molar-refractivity contribution in [1.82, 2.24) is 9.55 Å². The lowest BCUT2D eigenvalue weighted by Crippen LogP contribution is -2.13. The number of nitrogens with one attached hydrogen (secondary N) is 1. The number of aromatic nitrogens is 2. The Labute approximate surface area is 88.9 Å². The maximum absolute atomic E-state index is 13.4. The van der Waals surface area contributed by atoms with Crippen LogP contribution in [0.2, 0.25) is 0 Å². The van der Waals surface area contributed by atoms with Crippen molar-refractivity contribution < 1.29 is 8.81 Å². The number of hydrogen-bond acceptors (Lipinski definition) is 2. The Bertz CT molecular complexity index is 694. The number of rotatable bonds is 1. The number of aromatic amines is 1. The number of benzene rings is 1. The van der Waals surface area contributed by atoms with Gasteiger partial charge in [-0.25, -0.2) is 13.8 Å². The van der Waals surface area contributed by atoms with Gasteiger partial charge in [0.1, 0.15) is 11.3 Å². The Morgan fingerprint density at radius 1 is 1.25 bits per heavy atom. The van der Waals surface area contributed by atoms with Crippen molar-refractivity contribution in [1.29, 1.82) is 0 Å². The maximum atomic E-state index is 13.4. The van der Waals surface area contributed by atoms with Gasteiger partial charge in [-0.15, -0.1) is 0 Å². The van der Waals surface area contributed by atoms with Crippen molar-refractivity contribution in [3.8, 4) is 5.88 Å². The van der Waals surface area contributed by atoms with E-state index < -0.39 is 11.5 Å². The normalized spacial score (nSPS) is 11.1. The summed E-state index contributed by atoms with van der Waals surface area (Å²) >= 11 is 0. The van der Waals surface area contributed by atoms with Crippen LogP contribution in [0.5, 0.6) is 0 Å². The quantitative estimate of drug-likeness (QED) is 0.679. The van der Waals surface area contributed by atoms with E-state index in [9.17, 15) is 9.18 Å². The van der Waals surface area contributed by atoms with Crippen LogP contribution in [0.25, 0.3) is 16.9 Å². The van der Waals surface area contributed by atoms with Crippen LogP contribution < -0.4 is 5.69 Å². The van der Waals surface area contributed by atoms with Crippen LogP contribution in [-0.4, -0.2) is 9.55 Å². The average Bonchev–Trinajstić information content (AvgIpc) is 2.85. The van der Waals surface area contributed by atoms with Gasteiger partial charge in [0.2, 0.25) is 5.88 Å². The molecule has 3 rings (SSSR count). The number of furan rings is 1. The minimum absolute atomic E-state index is 0.184. The van der Waals surface area contributed by atoms with Gasteiger partial charge in [-0.05, 0) is 18.2 Å². The number of hydrogen-bond donors (Lipinski definition) is 1. The molecule has 0 bridgehead atoms. The number of para-hydroxylation sites is 1. The van der Waals surface area contributed by atoms with Gasteiger partial charge in [-0.1, -0.05) is 6.07 Å². The minimum atomic E-state index is -0.458. The van der Waals surface area contributed by atoms with Crippen molar-refractivity contribution in [3.63, 3.8) is 0 Å². The molecule has 2 heterocycles. The van der Waals surface area contributed by atoms with Gasteiger partial charge < -0.3 is 9.40 Å². The minimum Gasteiger partial charge on any atom is -0.448 e. The van der Waals surface area contributed by atoms with Crippen LogP contribution in [0, 0.1) is 5.82 Å². The van der Waals surface area contributed by atoms with E-state index >= 15 is 0 Å². The van der Waals surface area contributed by atoms with Gasteiger partial charge in [0.05, 0.1) is 11.8 Å². The third kappa shape index (κ3) is 1.11. The van der Waals surface area contributed by atoms with Crippen molar-refractivity contribution in [2.24, 2.45) is 0 Å². The lowest BCUT2D eigenvalue weighted by Gasteiger charge is -1.97. The van der Waals surface area contributed by atoms with E-state index in [0.717, 1.165) is 0 Å². The predicted molar refractivity (Wildman–Crippen MR) is 56.1 cm³/mol. The average molecular weight is 218 g/mol. The van der Waals surface area contributed by atoms with Crippen molar-refractivity contribution in [3.05, 3.63) is 52.9 Å². The molecule has 0 aliphatic carbocycles. The topological polar surface area (TPSA) is 50.9 Å². The number of imidazole rings is 1. The zero-order valence-electron chi connectivity index (χ0n) is 8.11.